The molecule has 1 aliphatic carbocycles. The molecule has 0 radical (unpaired) electrons. The maximum Gasteiger partial charge on any atom is -0.00176 e. The first-order chi connectivity index (χ1) is 6.42. The van der Waals surface area contributed by atoms with Crippen LogP contribution >= 0.6 is 11.8 Å². The summed E-state index contributed by atoms with van der Waals surface area (Å²) >= 11 is 2.13. The Morgan fingerprint density at radius 2 is 1.92 bits per heavy atom. The standard InChI is InChI=1S/C11H21NS/c1-12-6-11(10-7-13-8-10)9-4-2-3-5-9/h9-12H,2-8H2,1H3. The van der Waals surface area contributed by atoms with Crippen LogP contribution < -0.4 is 5.32 Å². The Labute approximate surface area is 86.0 Å². The SMILES string of the molecule is CNCC(C1CCCC1)C1CSC1. The van der Waals surface area contributed by atoms with Gasteiger partial charge >= 0.3 is 0 Å². The molecule has 1 N–H and O–H groups in total. The van der Waals surface area contributed by atoms with E-state index in [0.717, 1.165) is 17.8 Å². The summed E-state index contributed by atoms with van der Waals surface area (Å²) < 4.78 is 0. The lowest BCUT2D eigenvalue weighted by Gasteiger charge is -2.37. The van der Waals surface area contributed by atoms with Crippen molar-refractivity contribution in [3.8, 4) is 0 Å². The molecule has 0 aromatic heterocycles. The van der Waals surface area contributed by atoms with Crippen LogP contribution in [0.25, 0.3) is 0 Å². The fourth-order valence-electron chi connectivity index (χ4n) is 2.84. The summed E-state index contributed by atoms with van der Waals surface area (Å²) in [7, 11) is 2.10. The lowest BCUT2D eigenvalue weighted by atomic mass is 9.81. The van der Waals surface area contributed by atoms with Gasteiger partial charge in [-0.1, -0.05) is 25.7 Å². The van der Waals surface area contributed by atoms with Crippen LogP contribution in [-0.2, 0) is 0 Å². The lowest BCUT2D eigenvalue weighted by molar-refractivity contribution is 0.251. The largest absolute Gasteiger partial charge is 0.319 e. The zero-order valence-electron chi connectivity index (χ0n) is 8.59. The highest BCUT2D eigenvalue weighted by Gasteiger charge is 2.34. The predicted molar refractivity (Wildman–Crippen MR) is 60.2 cm³/mol. The third-order valence-electron chi connectivity index (χ3n) is 3.71. The van der Waals surface area contributed by atoms with E-state index >= 15 is 0 Å². The second-order valence-electron chi connectivity index (χ2n) is 4.56. The topological polar surface area (TPSA) is 12.0 Å². The summed E-state index contributed by atoms with van der Waals surface area (Å²) in [5.74, 6) is 5.96. The molecule has 1 saturated carbocycles. The Balaban J connectivity index is 1.86. The normalized spacial score (nSPS) is 27.5. The van der Waals surface area contributed by atoms with Crippen molar-refractivity contribution in [3.05, 3.63) is 0 Å². The monoisotopic (exact) mass is 199 g/mol. The van der Waals surface area contributed by atoms with E-state index in [-0.39, 0.29) is 0 Å². The molecular weight excluding hydrogens is 178 g/mol. The molecule has 1 nitrogen and oxygen atoms in total. The van der Waals surface area contributed by atoms with Crippen molar-refractivity contribution in [2.75, 3.05) is 25.1 Å². The van der Waals surface area contributed by atoms with Crippen LogP contribution in [0.3, 0.4) is 0 Å². The molecule has 2 rings (SSSR count). The van der Waals surface area contributed by atoms with Gasteiger partial charge < -0.3 is 5.32 Å². The third kappa shape index (κ3) is 2.21. The molecular formula is C11H21NS. The number of rotatable bonds is 4. The maximum absolute atomic E-state index is 3.38. The van der Waals surface area contributed by atoms with Crippen LogP contribution in [0.15, 0.2) is 0 Å². The minimum Gasteiger partial charge on any atom is -0.319 e. The van der Waals surface area contributed by atoms with Gasteiger partial charge in [0.25, 0.3) is 0 Å². The maximum atomic E-state index is 3.38. The first-order valence-electron chi connectivity index (χ1n) is 5.64. The van der Waals surface area contributed by atoms with E-state index in [1.54, 1.807) is 0 Å². The van der Waals surface area contributed by atoms with Crippen molar-refractivity contribution < 1.29 is 0 Å². The van der Waals surface area contributed by atoms with Gasteiger partial charge in [0.15, 0.2) is 0 Å². The summed E-state index contributed by atoms with van der Waals surface area (Å²) in [6, 6.07) is 0. The Morgan fingerprint density at radius 1 is 1.23 bits per heavy atom. The van der Waals surface area contributed by atoms with Gasteiger partial charge in [-0.05, 0) is 42.9 Å². The van der Waals surface area contributed by atoms with E-state index in [1.165, 1.54) is 43.7 Å². The van der Waals surface area contributed by atoms with Crippen molar-refractivity contribution in [3.63, 3.8) is 0 Å². The van der Waals surface area contributed by atoms with Gasteiger partial charge in [-0.2, -0.15) is 11.8 Å². The second kappa shape index (κ2) is 4.70. The van der Waals surface area contributed by atoms with Gasteiger partial charge in [-0.3, -0.25) is 0 Å². The summed E-state index contributed by atoms with van der Waals surface area (Å²) in [4.78, 5) is 0. The molecule has 76 valence electrons. The molecule has 0 spiro atoms. The van der Waals surface area contributed by atoms with Crippen LogP contribution in [0, 0.1) is 17.8 Å². The zero-order valence-corrected chi connectivity index (χ0v) is 9.41. The first-order valence-corrected chi connectivity index (χ1v) is 6.79. The Morgan fingerprint density at radius 3 is 2.38 bits per heavy atom. The third-order valence-corrected chi connectivity index (χ3v) is 5.04. The highest BCUT2D eigenvalue weighted by Crippen LogP contribution is 2.41. The van der Waals surface area contributed by atoms with Crippen LogP contribution in [0.5, 0.6) is 0 Å². The fraction of sp³-hybridized carbons (Fsp3) is 1.00. The van der Waals surface area contributed by atoms with E-state index < -0.39 is 0 Å². The molecule has 13 heavy (non-hydrogen) atoms. The molecule has 1 aliphatic heterocycles. The smallest absolute Gasteiger partial charge is 0.00176 e. The summed E-state index contributed by atoms with van der Waals surface area (Å²) in [5.41, 5.74) is 0. The van der Waals surface area contributed by atoms with Crippen LogP contribution in [0.4, 0.5) is 0 Å². The van der Waals surface area contributed by atoms with E-state index in [4.69, 9.17) is 0 Å². The molecule has 1 saturated heterocycles. The Bertz CT molecular complexity index is 150. The summed E-state index contributed by atoms with van der Waals surface area (Å²) in [6.07, 6.45) is 6.00. The van der Waals surface area contributed by atoms with E-state index in [9.17, 15) is 0 Å². The van der Waals surface area contributed by atoms with Crippen LogP contribution in [-0.4, -0.2) is 25.1 Å². The first kappa shape index (κ1) is 9.85. The van der Waals surface area contributed by atoms with Crippen LogP contribution in [0.1, 0.15) is 25.7 Å². The summed E-state index contributed by atoms with van der Waals surface area (Å²) in [5, 5.41) is 3.38. The number of nitrogens with one attached hydrogen (secondary N) is 1. The van der Waals surface area contributed by atoms with Gasteiger partial charge in [-0.25, -0.2) is 0 Å². The van der Waals surface area contributed by atoms with Crippen molar-refractivity contribution >= 4 is 11.8 Å². The average molecular weight is 199 g/mol. The van der Waals surface area contributed by atoms with Gasteiger partial charge in [-0.15, -0.1) is 0 Å². The molecule has 0 aromatic rings. The fourth-order valence-corrected chi connectivity index (χ4v) is 3.84. The molecule has 2 heteroatoms. The van der Waals surface area contributed by atoms with E-state index in [0.29, 0.717) is 0 Å². The Hall–Kier alpha value is 0.310. The molecule has 2 aliphatic rings. The van der Waals surface area contributed by atoms with Crippen molar-refractivity contribution in [2.24, 2.45) is 17.8 Å². The van der Waals surface area contributed by atoms with Crippen LogP contribution in [0.2, 0.25) is 0 Å². The highest BCUT2D eigenvalue weighted by atomic mass is 32.2. The lowest BCUT2D eigenvalue weighted by Crippen LogP contribution is -2.37. The molecule has 1 atom stereocenters. The average Bonchev–Trinajstić information content (AvgIpc) is 2.51. The molecule has 0 aromatic carbocycles. The molecule has 1 heterocycles. The second-order valence-corrected chi connectivity index (χ2v) is 5.64. The Kier molecular flexibility index (Phi) is 3.56. The van der Waals surface area contributed by atoms with E-state index in [2.05, 4.69) is 24.1 Å². The minimum atomic E-state index is 0.994. The molecule has 0 amide bonds. The summed E-state index contributed by atoms with van der Waals surface area (Å²) in [6.45, 7) is 1.26. The zero-order chi connectivity index (χ0) is 9.10. The number of hydrogen-bond donors (Lipinski definition) is 1. The van der Waals surface area contributed by atoms with Gasteiger partial charge in [0, 0.05) is 0 Å². The van der Waals surface area contributed by atoms with Gasteiger partial charge in [0.2, 0.25) is 0 Å². The van der Waals surface area contributed by atoms with E-state index in [1.807, 2.05) is 0 Å². The number of hydrogen-bond acceptors (Lipinski definition) is 2. The van der Waals surface area contributed by atoms with Crippen molar-refractivity contribution in [2.45, 2.75) is 25.7 Å². The molecule has 2 fully saturated rings. The predicted octanol–water partition coefficient (Wildman–Crippen LogP) is 2.38. The molecule has 0 bridgehead atoms. The minimum absolute atomic E-state index is 0.994. The van der Waals surface area contributed by atoms with Gasteiger partial charge in [0.05, 0.1) is 0 Å². The number of thioether (sulfide) groups is 1. The highest BCUT2D eigenvalue weighted by molar-refractivity contribution is 8.00. The van der Waals surface area contributed by atoms with Crippen molar-refractivity contribution in [1.29, 1.82) is 0 Å². The molecule has 1 unspecified atom stereocenters. The van der Waals surface area contributed by atoms with Crippen molar-refractivity contribution in [1.82, 2.24) is 5.32 Å². The van der Waals surface area contributed by atoms with Gasteiger partial charge in [0.1, 0.15) is 0 Å². The quantitative estimate of drug-likeness (QED) is 0.746.